The zero-order chi connectivity index (χ0) is 21.5. The zero-order valence-corrected chi connectivity index (χ0v) is 18.5. The summed E-state index contributed by atoms with van der Waals surface area (Å²) in [5.74, 6) is 3.54. The van der Waals surface area contributed by atoms with E-state index < -0.39 is 0 Å². The van der Waals surface area contributed by atoms with Gasteiger partial charge in [-0.05, 0) is 69.0 Å². The fourth-order valence-corrected chi connectivity index (χ4v) is 3.30. The molecule has 0 amide bonds. The molecule has 0 radical (unpaired) electrons. The topological polar surface area (TPSA) is 85.1 Å². The van der Waals surface area contributed by atoms with Gasteiger partial charge in [-0.25, -0.2) is 4.98 Å². The van der Waals surface area contributed by atoms with Gasteiger partial charge in [-0.2, -0.15) is 4.98 Å². The van der Waals surface area contributed by atoms with Gasteiger partial charge in [0.1, 0.15) is 17.4 Å². The van der Waals surface area contributed by atoms with Gasteiger partial charge in [0.25, 0.3) is 5.89 Å². The average molecular weight is 410 g/mol. The Balaban J connectivity index is 1.96. The molecule has 1 aromatic carbocycles. The number of aromatic nitrogens is 3. The summed E-state index contributed by atoms with van der Waals surface area (Å²) >= 11 is 0. The lowest BCUT2D eigenvalue weighted by Gasteiger charge is -2.14. The van der Waals surface area contributed by atoms with E-state index in [2.05, 4.69) is 58.7 Å². The molecular weight excluding hydrogens is 378 g/mol. The summed E-state index contributed by atoms with van der Waals surface area (Å²) in [6.45, 7) is 12.6. The monoisotopic (exact) mass is 409 g/mol. The molecule has 0 aliphatic carbocycles. The molecule has 0 saturated heterocycles. The second-order valence-corrected chi connectivity index (χ2v) is 7.09. The molecule has 0 saturated carbocycles. The molecule has 0 fully saturated rings. The van der Waals surface area contributed by atoms with E-state index in [1.807, 2.05) is 26.0 Å². The number of hydrogen-bond donors (Lipinski definition) is 2. The summed E-state index contributed by atoms with van der Waals surface area (Å²) < 4.78 is 11.6. The Kier molecular flexibility index (Phi) is 7.27. The zero-order valence-electron chi connectivity index (χ0n) is 18.5. The van der Waals surface area contributed by atoms with Gasteiger partial charge in [0.15, 0.2) is 0 Å². The molecular formula is C23H31N5O2. The molecule has 2 aromatic heterocycles. The standard InChI is InChI=1S/C23H31N5O2/c1-6-10-29-21-15(5)11-17(12-16(21)7-2)22-27-23(30-28-22)18-13-19(24-8-3)26-20(14-18)25-9-4/h11-14H,6-10H2,1-5H3,(H2,24,25,26). The Morgan fingerprint density at radius 3 is 2.20 bits per heavy atom. The largest absolute Gasteiger partial charge is 0.493 e. The van der Waals surface area contributed by atoms with Crippen LogP contribution >= 0.6 is 0 Å². The number of ether oxygens (including phenoxy) is 1. The van der Waals surface area contributed by atoms with Crippen molar-refractivity contribution in [2.75, 3.05) is 30.3 Å². The Labute approximate surface area is 178 Å². The Bertz CT molecular complexity index is 959. The summed E-state index contributed by atoms with van der Waals surface area (Å²) in [5.41, 5.74) is 3.98. The van der Waals surface area contributed by atoms with Crippen molar-refractivity contribution in [2.24, 2.45) is 0 Å². The fourth-order valence-electron chi connectivity index (χ4n) is 3.30. The van der Waals surface area contributed by atoms with Gasteiger partial charge in [0.05, 0.1) is 6.61 Å². The average Bonchev–Trinajstić information content (AvgIpc) is 3.23. The van der Waals surface area contributed by atoms with Gasteiger partial charge < -0.3 is 19.9 Å². The van der Waals surface area contributed by atoms with Crippen LogP contribution in [0.3, 0.4) is 0 Å². The van der Waals surface area contributed by atoms with E-state index in [4.69, 9.17) is 9.26 Å². The van der Waals surface area contributed by atoms with Crippen LogP contribution in [0.4, 0.5) is 11.6 Å². The molecule has 3 aromatic rings. The van der Waals surface area contributed by atoms with Crippen molar-refractivity contribution < 1.29 is 9.26 Å². The minimum atomic E-state index is 0.465. The number of hydrogen-bond acceptors (Lipinski definition) is 7. The number of rotatable bonds is 10. The third-order valence-corrected chi connectivity index (χ3v) is 4.66. The molecule has 7 heteroatoms. The Morgan fingerprint density at radius 2 is 1.60 bits per heavy atom. The highest BCUT2D eigenvalue weighted by Crippen LogP contribution is 2.32. The quantitative estimate of drug-likeness (QED) is 0.468. The van der Waals surface area contributed by atoms with Gasteiger partial charge >= 0.3 is 0 Å². The van der Waals surface area contributed by atoms with Crippen molar-refractivity contribution in [3.05, 3.63) is 35.4 Å². The fraction of sp³-hybridized carbons (Fsp3) is 0.435. The van der Waals surface area contributed by atoms with E-state index in [1.54, 1.807) is 0 Å². The molecule has 0 unspecified atom stereocenters. The molecule has 2 heterocycles. The summed E-state index contributed by atoms with van der Waals surface area (Å²) in [7, 11) is 0. The predicted molar refractivity (Wildman–Crippen MR) is 121 cm³/mol. The number of anilines is 2. The third kappa shape index (κ3) is 4.90. The van der Waals surface area contributed by atoms with Crippen LogP contribution in [-0.2, 0) is 6.42 Å². The second-order valence-electron chi connectivity index (χ2n) is 7.09. The lowest BCUT2D eigenvalue weighted by molar-refractivity contribution is 0.312. The first-order valence-corrected chi connectivity index (χ1v) is 10.7. The molecule has 3 rings (SSSR count). The van der Waals surface area contributed by atoms with E-state index in [0.29, 0.717) is 18.3 Å². The lowest BCUT2D eigenvalue weighted by atomic mass is 10.0. The first-order chi connectivity index (χ1) is 14.6. The van der Waals surface area contributed by atoms with Crippen molar-refractivity contribution in [2.45, 2.75) is 47.5 Å². The summed E-state index contributed by atoms with van der Waals surface area (Å²) in [4.78, 5) is 9.21. The molecule has 0 atom stereocenters. The van der Waals surface area contributed by atoms with Gasteiger partial charge in [0.2, 0.25) is 5.82 Å². The van der Waals surface area contributed by atoms with E-state index in [-0.39, 0.29) is 0 Å². The van der Waals surface area contributed by atoms with E-state index in [0.717, 1.165) is 65.6 Å². The van der Waals surface area contributed by atoms with Crippen LogP contribution in [0.2, 0.25) is 0 Å². The molecule has 7 nitrogen and oxygen atoms in total. The lowest BCUT2D eigenvalue weighted by Crippen LogP contribution is -2.04. The van der Waals surface area contributed by atoms with Crippen molar-refractivity contribution in [3.63, 3.8) is 0 Å². The number of nitrogens with zero attached hydrogens (tertiary/aromatic N) is 3. The molecule has 2 N–H and O–H groups in total. The number of pyridine rings is 1. The highest BCUT2D eigenvalue weighted by Gasteiger charge is 2.16. The van der Waals surface area contributed by atoms with Crippen molar-refractivity contribution >= 4 is 11.6 Å². The van der Waals surface area contributed by atoms with Crippen molar-refractivity contribution in [1.82, 2.24) is 15.1 Å². The first-order valence-electron chi connectivity index (χ1n) is 10.7. The minimum absolute atomic E-state index is 0.465. The predicted octanol–water partition coefficient (Wildman–Crippen LogP) is 5.32. The van der Waals surface area contributed by atoms with Crippen LogP contribution in [0.15, 0.2) is 28.8 Å². The van der Waals surface area contributed by atoms with Crippen LogP contribution in [-0.4, -0.2) is 34.8 Å². The SMILES string of the molecule is CCCOc1c(C)cc(-c2noc(-c3cc(NCC)nc(NCC)c3)n2)cc1CC. The molecule has 0 spiro atoms. The Morgan fingerprint density at radius 1 is 0.900 bits per heavy atom. The summed E-state index contributed by atoms with van der Waals surface area (Å²) in [5, 5.41) is 10.7. The molecule has 0 aliphatic rings. The summed E-state index contributed by atoms with van der Waals surface area (Å²) in [6.07, 6.45) is 1.86. The summed E-state index contributed by atoms with van der Waals surface area (Å²) in [6, 6.07) is 7.99. The van der Waals surface area contributed by atoms with Crippen LogP contribution in [0.25, 0.3) is 22.8 Å². The van der Waals surface area contributed by atoms with Gasteiger partial charge in [-0.1, -0.05) is 19.0 Å². The second kappa shape index (κ2) is 10.1. The van der Waals surface area contributed by atoms with Gasteiger partial charge in [0, 0.05) is 24.2 Å². The van der Waals surface area contributed by atoms with Crippen molar-refractivity contribution in [1.29, 1.82) is 0 Å². The van der Waals surface area contributed by atoms with Gasteiger partial charge in [-0.15, -0.1) is 0 Å². The van der Waals surface area contributed by atoms with Crippen molar-refractivity contribution in [3.8, 4) is 28.6 Å². The molecule has 0 bridgehead atoms. The minimum Gasteiger partial charge on any atom is -0.493 e. The molecule has 30 heavy (non-hydrogen) atoms. The third-order valence-electron chi connectivity index (χ3n) is 4.66. The van der Waals surface area contributed by atoms with Crippen LogP contribution in [0.1, 0.15) is 45.2 Å². The van der Waals surface area contributed by atoms with E-state index in [1.165, 1.54) is 0 Å². The Hall–Kier alpha value is -3.09. The maximum Gasteiger partial charge on any atom is 0.258 e. The number of aryl methyl sites for hydroxylation is 2. The van der Waals surface area contributed by atoms with Crippen LogP contribution in [0.5, 0.6) is 5.75 Å². The highest BCUT2D eigenvalue weighted by molar-refractivity contribution is 5.67. The van der Waals surface area contributed by atoms with Crippen LogP contribution < -0.4 is 15.4 Å². The number of benzene rings is 1. The maximum absolute atomic E-state index is 5.96. The smallest absolute Gasteiger partial charge is 0.258 e. The highest BCUT2D eigenvalue weighted by atomic mass is 16.5. The van der Waals surface area contributed by atoms with E-state index in [9.17, 15) is 0 Å². The normalized spacial score (nSPS) is 10.8. The molecule has 0 aliphatic heterocycles. The number of nitrogens with one attached hydrogen (secondary N) is 2. The van der Waals surface area contributed by atoms with Gasteiger partial charge in [-0.3, -0.25) is 0 Å². The first kappa shape index (κ1) is 21.6. The molecule has 160 valence electrons. The maximum atomic E-state index is 5.96. The van der Waals surface area contributed by atoms with Crippen LogP contribution in [0, 0.1) is 6.92 Å². The van der Waals surface area contributed by atoms with E-state index >= 15 is 0 Å².